The third kappa shape index (κ3) is 1.46. The Morgan fingerprint density at radius 2 is 2.25 bits per heavy atom. The first-order valence-corrected chi connectivity index (χ1v) is 5.52. The standard InChI is InChI=1S/C12H15NO3/c13-5-10-7-15-12(16-10)8-14-6-9-3-1-2-4-11(9)12/h1-4,10H,5-8,13H2. The topological polar surface area (TPSA) is 53.7 Å². The highest BCUT2D eigenvalue weighted by molar-refractivity contribution is 5.32. The summed E-state index contributed by atoms with van der Waals surface area (Å²) in [5.41, 5.74) is 7.81. The van der Waals surface area contributed by atoms with E-state index >= 15 is 0 Å². The van der Waals surface area contributed by atoms with E-state index < -0.39 is 5.79 Å². The number of nitrogens with two attached hydrogens (primary N) is 1. The van der Waals surface area contributed by atoms with Gasteiger partial charge in [-0.05, 0) is 5.56 Å². The Labute approximate surface area is 94.3 Å². The van der Waals surface area contributed by atoms with E-state index in [1.165, 1.54) is 0 Å². The van der Waals surface area contributed by atoms with Crippen LogP contribution in [-0.4, -0.2) is 25.9 Å². The van der Waals surface area contributed by atoms with Crippen LogP contribution in [0, 0.1) is 0 Å². The molecule has 0 aromatic heterocycles. The molecule has 86 valence electrons. The zero-order chi connectivity index (χ0) is 11.0. The Balaban J connectivity index is 1.98. The lowest BCUT2D eigenvalue weighted by Crippen LogP contribution is -2.38. The first-order valence-electron chi connectivity index (χ1n) is 5.52. The van der Waals surface area contributed by atoms with Gasteiger partial charge in [0.05, 0.1) is 19.3 Å². The molecular formula is C12H15NO3. The molecule has 1 fully saturated rings. The first kappa shape index (κ1) is 10.2. The summed E-state index contributed by atoms with van der Waals surface area (Å²) in [4.78, 5) is 0. The monoisotopic (exact) mass is 221 g/mol. The number of hydrogen-bond acceptors (Lipinski definition) is 4. The molecule has 0 saturated carbocycles. The molecule has 2 aliphatic heterocycles. The van der Waals surface area contributed by atoms with Gasteiger partial charge in [-0.2, -0.15) is 0 Å². The molecule has 2 atom stereocenters. The van der Waals surface area contributed by atoms with Crippen LogP contribution in [0.25, 0.3) is 0 Å². The highest BCUT2D eigenvalue weighted by atomic mass is 16.8. The Kier molecular flexibility index (Phi) is 2.44. The predicted molar refractivity (Wildman–Crippen MR) is 57.7 cm³/mol. The predicted octanol–water partition coefficient (Wildman–Crippen LogP) is 0.744. The fraction of sp³-hybridized carbons (Fsp3) is 0.500. The summed E-state index contributed by atoms with van der Waals surface area (Å²) in [6.45, 7) is 2.08. The maximum atomic E-state index is 5.89. The van der Waals surface area contributed by atoms with Crippen LogP contribution in [0.1, 0.15) is 11.1 Å². The Hall–Kier alpha value is -0.940. The van der Waals surface area contributed by atoms with Crippen molar-refractivity contribution in [3.8, 4) is 0 Å². The van der Waals surface area contributed by atoms with Gasteiger partial charge in [0.15, 0.2) is 0 Å². The van der Waals surface area contributed by atoms with Gasteiger partial charge in [0, 0.05) is 12.1 Å². The van der Waals surface area contributed by atoms with Crippen molar-refractivity contribution in [2.75, 3.05) is 19.8 Å². The quantitative estimate of drug-likeness (QED) is 0.760. The van der Waals surface area contributed by atoms with Gasteiger partial charge in [-0.3, -0.25) is 0 Å². The molecule has 3 rings (SSSR count). The van der Waals surface area contributed by atoms with Crippen LogP contribution in [0.5, 0.6) is 0 Å². The van der Waals surface area contributed by atoms with Crippen molar-refractivity contribution in [3.05, 3.63) is 35.4 Å². The lowest BCUT2D eigenvalue weighted by atomic mass is 9.98. The van der Waals surface area contributed by atoms with Crippen LogP contribution in [0.2, 0.25) is 0 Å². The van der Waals surface area contributed by atoms with Gasteiger partial charge in [0.1, 0.15) is 6.61 Å². The molecule has 2 unspecified atom stereocenters. The van der Waals surface area contributed by atoms with Crippen molar-refractivity contribution in [1.29, 1.82) is 0 Å². The summed E-state index contributed by atoms with van der Waals surface area (Å²) < 4.78 is 17.2. The lowest BCUT2D eigenvalue weighted by Gasteiger charge is -2.33. The number of ether oxygens (including phenoxy) is 3. The van der Waals surface area contributed by atoms with E-state index in [1.807, 2.05) is 24.3 Å². The largest absolute Gasteiger partial charge is 0.371 e. The van der Waals surface area contributed by atoms with Crippen molar-refractivity contribution >= 4 is 0 Å². The van der Waals surface area contributed by atoms with Crippen LogP contribution < -0.4 is 5.73 Å². The second kappa shape index (κ2) is 3.82. The fourth-order valence-corrected chi connectivity index (χ4v) is 2.29. The molecule has 1 aromatic rings. The molecule has 0 bridgehead atoms. The van der Waals surface area contributed by atoms with E-state index in [0.29, 0.717) is 26.4 Å². The summed E-state index contributed by atoms with van der Waals surface area (Å²) >= 11 is 0. The zero-order valence-electron chi connectivity index (χ0n) is 9.02. The molecule has 2 aliphatic rings. The molecule has 16 heavy (non-hydrogen) atoms. The number of fused-ring (bicyclic) bond motifs is 2. The van der Waals surface area contributed by atoms with Gasteiger partial charge in [-0.25, -0.2) is 0 Å². The second-order valence-electron chi connectivity index (χ2n) is 4.19. The minimum Gasteiger partial charge on any atom is -0.371 e. The van der Waals surface area contributed by atoms with Crippen LogP contribution in [-0.2, 0) is 26.6 Å². The number of benzene rings is 1. The average molecular weight is 221 g/mol. The number of rotatable bonds is 1. The Bertz CT molecular complexity index is 396. The first-order chi connectivity index (χ1) is 7.84. The summed E-state index contributed by atoms with van der Waals surface area (Å²) in [6, 6.07) is 8.07. The molecule has 4 heteroatoms. The van der Waals surface area contributed by atoms with E-state index in [4.69, 9.17) is 19.9 Å². The normalized spacial score (nSPS) is 32.9. The van der Waals surface area contributed by atoms with E-state index in [1.54, 1.807) is 0 Å². The van der Waals surface area contributed by atoms with Crippen LogP contribution >= 0.6 is 0 Å². The van der Waals surface area contributed by atoms with Crippen molar-refractivity contribution in [2.24, 2.45) is 5.73 Å². The van der Waals surface area contributed by atoms with Crippen molar-refractivity contribution in [2.45, 2.75) is 18.5 Å². The third-order valence-electron chi connectivity index (χ3n) is 3.10. The molecule has 2 N–H and O–H groups in total. The minimum absolute atomic E-state index is 0.0326. The van der Waals surface area contributed by atoms with E-state index in [9.17, 15) is 0 Å². The molecule has 2 heterocycles. The summed E-state index contributed by atoms with van der Waals surface area (Å²) in [7, 11) is 0. The summed E-state index contributed by atoms with van der Waals surface area (Å²) in [5.74, 6) is -0.723. The molecular weight excluding hydrogens is 206 g/mol. The van der Waals surface area contributed by atoms with Gasteiger partial charge in [-0.15, -0.1) is 0 Å². The maximum Gasteiger partial charge on any atom is 0.220 e. The van der Waals surface area contributed by atoms with E-state index in [2.05, 4.69) is 0 Å². The lowest BCUT2D eigenvalue weighted by molar-refractivity contribution is -0.222. The smallest absolute Gasteiger partial charge is 0.220 e. The Morgan fingerprint density at radius 3 is 3.06 bits per heavy atom. The fourth-order valence-electron chi connectivity index (χ4n) is 2.29. The molecule has 0 aliphatic carbocycles. The van der Waals surface area contributed by atoms with Crippen molar-refractivity contribution < 1.29 is 14.2 Å². The molecule has 0 amide bonds. The third-order valence-corrected chi connectivity index (χ3v) is 3.10. The van der Waals surface area contributed by atoms with Gasteiger partial charge < -0.3 is 19.9 Å². The molecule has 1 saturated heterocycles. The summed E-state index contributed by atoms with van der Waals surface area (Å²) in [6.07, 6.45) is -0.0326. The van der Waals surface area contributed by atoms with Crippen LogP contribution in [0.4, 0.5) is 0 Å². The minimum atomic E-state index is -0.723. The van der Waals surface area contributed by atoms with Gasteiger partial charge in [-0.1, -0.05) is 24.3 Å². The summed E-state index contributed by atoms with van der Waals surface area (Å²) in [5, 5.41) is 0. The van der Waals surface area contributed by atoms with Gasteiger partial charge in [0.2, 0.25) is 5.79 Å². The maximum absolute atomic E-state index is 5.89. The Morgan fingerprint density at radius 1 is 1.38 bits per heavy atom. The average Bonchev–Trinajstić information content (AvgIpc) is 2.74. The second-order valence-corrected chi connectivity index (χ2v) is 4.19. The number of hydrogen-bond donors (Lipinski definition) is 1. The van der Waals surface area contributed by atoms with Crippen LogP contribution in [0.3, 0.4) is 0 Å². The van der Waals surface area contributed by atoms with Crippen molar-refractivity contribution in [3.63, 3.8) is 0 Å². The molecule has 0 radical (unpaired) electrons. The van der Waals surface area contributed by atoms with Crippen LogP contribution in [0.15, 0.2) is 24.3 Å². The van der Waals surface area contributed by atoms with Gasteiger partial charge in [0.25, 0.3) is 0 Å². The molecule has 1 spiro atoms. The van der Waals surface area contributed by atoms with Crippen molar-refractivity contribution in [1.82, 2.24) is 0 Å². The van der Waals surface area contributed by atoms with E-state index in [0.717, 1.165) is 11.1 Å². The highest BCUT2D eigenvalue weighted by Crippen LogP contribution is 2.39. The zero-order valence-corrected chi connectivity index (χ0v) is 9.02. The molecule has 4 nitrogen and oxygen atoms in total. The SMILES string of the molecule is NCC1COC2(COCc3ccccc32)O1. The highest BCUT2D eigenvalue weighted by Gasteiger charge is 2.46. The molecule has 1 aromatic carbocycles. The van der Waals surface area contributed by atoms with Gasteiger partial charge >= 0.3 is 0 Å². The van der Waals surface area contributed by atoms with E-state index in [-0.39, 0.29) is 6.10 Å².